The van der Waals surface area contributed by atoms with Gasteiger partial charge in [-0.05, 0) is 67.2 Å². The highest BCUT2D eigenvalue weighted by atomic mass is 79.9. The summed E-state index contributed by atoms with van der Waals surface area (Å²) in [6, 6.07) is 12.5. The number of halogens is 2. The molecule has 4 rings (SSSR count). The van der Waals surface area contributed by atoms with E-state index in [1.54, 1.807) is 23.6 Å². The van der Waals surface area contributed by atoms with Crippen molar-refractivity contribution < 1.29 is 13.2 Å². The summed E-state index contributed by atoms with van der Waals surface area (Å²) < 4.78 is 37.8. The van der Waals surface area contributed by atoms with Crippen molar-refractivity contribution in [2.24, 2.45) is 0 Å². The number of rotatable bonds is 8. The molecular weight excluding hydrogens is 600 g/mol. The first-order chi connectivity index (χ1) is 16.7. The Bertz CT molecular complexity index is 1290. The lowest BCUT2D eigenvalue weighted by Gasteiger charge is -2.34. The molecule has 2 aromatic carbocycles. The minimum absolute atomic E-state index is 0.146. The van der Waals surface area contributed by atoms with Crippen LogP contribution in [0.4, 0.5) is 5.69 Å². The monoisotopic (exact) mass is 626 g/mol. The molecule has 0 unspecified atom stereocenters. The average Bonchev–Trinajstić information content (AvgIpc) is 3.22. The second kappa shape index (κ2) is 11.0. The number of anilines is 1. The van der Waals surface area contributed by atoms with Crippen LogP contribution in [0.15, 0.2) is 56.3 Å². The fourth-order valence-corrected chi connectivity index (χ4v) is 6.90. The lowest BCUT2D eigenvalue weighted by atomic mass is 10.2. The molecule has 1 saturated heterocycles. The molecule has 35 heavy (non-hydrogen) atoms. The van der Waals surface area contributed by atoms with E-state index in [4.69, 9.17) is 4.74 Å². The van der Waals surface area contributed by atoms with Crippen LogP contribution in [-0.4, -0.2) is 61.3 Å². The number of aromatic nitrogens is 3. The molecule has 9 nitrogen and oxygen atoms in total. The van der Waals surface area contributed by atoms with Gasteiger partial charge in [-0.25, -0.2) is 13.1 Å². The molecule has 1 fully saturated rings. The van der Waals surface area contributed by atoms with E-state index in [1.807, 2.05) is 25.1 Å². The second-order valence-corrected chi connectivity index (χ2v) is 11.8. The van der Waals surface area contributed by atoms with E-state index in [0.29, 0.717) is 28.6 Å². The Morgan fingerprint density at radius 2 is 1.83 bits per heavy atom. The molecule has 0 aliphatic carbocycles. The highest BCUT2D eigenvalue weighted by Gasteiger charge is 2.25. The van der Waals surface area contributed by atoms with Crippen molar-refractivity contribution in [3.8, 4) is 11.8 Å². The van der Waals surface area contributed by atoms with Crippen molar-refractivity contribution >= 4 is 47.6 Å². The number of sulfonamides is 1. The fraction of sp³-hybridized carbons (Fsp3) is 0.391. The number of likely N-dealkylation sites (N-methyl/N-ethyl adjacent to an activating group) is 1. The molecule has 188 valence electrons. The maximum absolute atomic E-state index is 13.0. The quantitative estimate of drug-likeness (QED) is 0.396. The number of ether oxygens (including phenoxy) is 1. The molecule has 0 saturated carbocycles. The Morgan fingerprint density at radius 1 is 1.09 bits per heavy atom. The van der Waals surface area contributed by atoms with E-state index in [9.17, 15) is 8.42 Å². The summed E-state index contributed by atoms with van der Waals surface area (Å²) in [7, 11) is -1.67. The molecule has 12 heteroatoms. The molecule has 0 bridgehead atoms. The predicted molar refractivity (Wildman–Crippen MR) is 143 cm³/mol. The van der Waals surface area contributed by atoms with E-state index in [0.717, 1.165) is 36.3 Å². The van der Waals surface area contributed by atoms with Crippen LogP contribution in [0.5, 0.6) is 11.8 Å². The van der Waals surface area contributed by atoms with Crippen molar-refractivity contribution in [2.45, 2.75) is 31.3 Å². The van der Waals surface area contributed by atoms with Gasteiger partial charge in [-0.2, -0.15) is 0 Å². The average molecular weight is 628 g/mol. The molecule has 3 aromatic rings. The van der Waals surface area contributed by atoms with Crippen LogP contribution in [0.25, 0.3) is 0 Å². The van der Waals surface area contributed by atoms with Gasteiger partial charge in [0.05, 0.1) is 10.9 Å². The van der Waals surface area contributed by atoms with Crippen molar-refractivity contribution in [3.63, 3.8) is 0 Å². The molecule has 1 atom stereocenters. The lowest BCUT2D eigenvalue weighted by molar-refractivity contribution is 0.312. The van der Waals surface area contributed by atoms with Crippen LogP contribution in [-0.2, 0) is 16.6 Å². The molecule has 0 radical (unpaired) electrons. The SMILES string of the molecule is CCn1c(Oc2cccc(N3CCN(C)CC3)c2)nnc1[C@@H](C)NS(=O)(=O)c1ccc(Br)cc1Br. The molecular formula is C23H28Br2N6O3S. The maximum Gasteiger partial charge on any atom is 0.322 e. The molecule has 1 aliphatic rings. The number of nitrogens with one attached hydrogen (secondary N) is 1. The lowest BCUT2D eigenvalue weighted by Crippen LogP contribution is -2.44. The Hall–Kier alpha value is -1.99. The normalized spacial score (nSPS) is 15.9. The summed E-state index contributed by atoms with van der Waals surface area (Å²) in [6.07, 6.45) is 0. The number of benzene rings is 2. The Kier molecular flexibility index (Phi) is 8.16. The van der Waals surface area contributed by atoms with Crippen molar-refractivity contribution in [1.82, 2.24) is 24.4 Å². The third-order valence-electron chi connectivity index (χ3n) is 5.86. The summed E-state index contributed by atoms with van der Waals surface area (Å²) in [5, 5.41) is 8.45. The summed E-state index contributed by atoms with van der Waals surface area (Å²) in [6.45, 7) is 8.14. The molecule has 1 N–H and O–H groups in total. The van der Waals surface area contributed by atoms with E-state index < -0.39 is 16.1 Å². The van der Waals surface area contributed by atoms with Gasteiger partial charge in [-0.15, -0.1) is 5.10 Å². The predicted octanol–water partition coefficient (Wildman–Crippen LogP) is 4.41. The second-order valence-electron chi connectivity index (χ2n) is 8.39. The number of nitrogens with zero attached hydrogens (tertiary/aromatic N) is 5. The first kappa shape index (κ1) is 26.1. The summed E-state index contributed by atoms with van der Waals surface area (Å²) in [4.78, 5) is 4.79. The number of hydrogen-bond acceptors (Lipinski definition) is 7. The van der Waals surface area contributed by atoms with Gasteiger partial charge >= 0.3 is 6.01 Å². The van der Waals surface area contributed by atoms with Gasteiger partial charge in [0.25, 0.3) is 0 Å². The first-order valence-electron chi connectivity index (χ1n) is 11.3. The molecule has 0 amide bonds. The van der Waals surface area contributed by atoms with Gasteiger partial charge in [0.2, 0.25) is 10.0 Å². The van der Waals surface area contributed by atoms with Gasteiger partial charge in [0.15, 0.2) is 5.82 Å². The smallest absolute Gasteiger partial charge is 0.322 e. The van der Waals surface area contributed by atoms with Crippen LogP contribution < -0.4 is 14.4 Å². The third kappa shape index (κ3) is 6.05. The maximum atomic E-state index is 13.0. The minimum atomic E-state index is -3.80. The topological polar surface area (TPSA) is 92.6 Å². The van der Waals surface area contributed by atoms with Gasteiger partial charge in [-0.1, -0.05) is 27.1 Å². The van der Waals surface area contributed by atoms with Crippen LogP contribution >= 0.6 is 31.9 Å². The van der Waals surface area contributed by atoms with Gasteiger partial charge < -0.3 is 14.5 Å². The Morgan fingerprint density at radius 3 is 2.51 bits per heavy atom. The first-order valence-corrected chi connectivity index (χ1v) is 14.4. The van der Waals surface area contributed by atoms with Crippen LogP contribution in [0.2, 0.25) is 0 Å². The van der Waals surface area contributed by atoms with Gasteiger partial charge in [-0.3, -0.25) is 4.57 Å². The van der Waals surface area contributed by atoms with Gasteiger partial charge in [0.1, 0.15) is 5.75 Å². The van der Waals surface area contributed by atoms with Gasteiger partial charge in [0, 0.05) is 53.4 Å². The van der Waals surface area contributed by atoms with E-state index >= 15 is 0 Å². The van der Waals surface area contributed by atoms with E-state index in [1.165, 1.54) is 6.07 Å². The number of piperazine rings is 1. The van der Waals surface area contributed by atoms with E-state index in [2.05, 4.69) is 69.7 Å². The highest BCUT2D eigenvalue weighted by molar-refractivity contribution is 9.11. The van der Waals surface area contributed by atoms with Crippen molar-refractivity contribution in [1.29, 1.82) is 0 Å². The summed E-state index contributed by atoms with van der Waals surface area (Å²) in [5.41, 5.74) is 1.10. The molecule has 1 aliphatic heterocycles. The molecule has 0 spiro atoms. The van der Waals surface area contributed by atoms with E-state index in [-0.39, 0.29) is 4.90 Å². The largest absolute Gasteiger partial charge is 0.424 e. The zero-order valence-corrected chi connectivity index (χ0v) is 23.8. The third-order valence-corrected chi connectivity index (χ3v) is 8.87. The minimum Gasteiger partial charge on any atom is -0.424 e. The molecule has 2 heterocycles. The highest BCUT2D eigenvalue weighted by Crippen LogP contribution is 2.29. The fourth-order valence-electron chi connectivity index (χ4n) is 3.95. The Balaban J connectivity index is 1.52. The zero-order valence-electron chi connectivity index (χ0n) is 19.8. The summed E-state index contributed by atoms with van der Waals surface area (Å²) >= 11 is 6.67. The molecule has 1 aromatic heterocycles. The van der Waals surface area contributed by atoms with Crippen LogP contribution in [0.3, 0.4) is 0 Å². The van der Waals surface area contributed by atoms with Crippen molar-refractivity contribution in [2.75, 3.05) is 38.1 Å². The Labute approximate surface area is 222 Å². The van der Waals surface area contributed by atoms with Crippen LogP contribution in [0.1, 0.15) is 25.7 Å². The van der Waals surface area contributed by atoms with Crippen molar-refractivity contribution in [3.05, 3.63) is 57.2 Å². The number of hydrogen-bond donors (Lipinski definition) is 1. The summed E-state index contributed by atoms with van der Waals surface area (Å²) in [5.74, 6) is 1.12. The standard InChI is InChI=1S/C23H28Br2N6O3S/c1-4-31-22(16(2)28-35(32,33)21-9-8-17(24)14-20(21)25)26-27-23(31)34-19-7-5-6-18(15-19)30-12-10-29(3)11-13-30/h5-9,14-16,28H,4,10-13H2,1-3H3/t16-/m1/s1. The van der Waals surface area contributed by atoms with Crippen LogP contribution in [0, 0.1) is 0 Å². The zero-order chi connectivity index (χ0) is 25.2.